The third kappa shape index (κ3) is 2.49. The van der Waals surface area contributed by atoms with Gasteiger partial charge >= 0.3 is 0 Å². The SMILES string of the molecule is Oc1cccc(C(O)Nc2ccccc2)c1O. The molecule has 0 amide bonds. The molecular weight excluding hydrogens is 218 g/mol. The highest BCUT2D eigenvalue weighted by Gasteiger charge is 2.14. The smallest absolute Gasteiger partial charge is 0.165 e. The van der Waals surface area contributed by atoms with Gasteiger partial charge in [-0.25, -0.2) is 0 Å². The van der Waals surface area contributed by atoms with E-state index in [0.29, 0.717) is 0 Å². The van der Waals surface area contributed by atoms with Crippen LogP contribution in [0.5, 0.6) is 11.5 Å². The van der Waals surface area contributed by atoms with E-state index >= 15 is 0 Å². The van der Waals surface area contributed by atoms with Crippen LogP contribution in [-0.4, -0.2) is 15.3 Å². The van der Waals surface area contributed by atoms with Crippen molar-refractivity contribution >= 4 is 5.69 Å². The van der Waals surface area contributed by atoms with Crippen molar-refractivity contribution in [1.29, 1.82) is 0 Å². The molecule has 1 atom stereocenters. The number of phenols is 2. The van der Waals surface area contributed by atoms with E-state index in [-0.39, 0.29) is 17.1 Å². The Morgan fingerprint density at radius 2 is 1.59 bits per heavy atom. The van der Waals surface area contributed by atoms with E-state index in [1.54, 1.807) is 18.2 Å². The molecule has 0 aliphatic rings. The fraction of sp³-hybridized carbons (Fsp3) is 0.0769. The Morgan fingerprint density at radius 3 is 2.29 bits per heavy atom. The quantitative estimate of drug-likeness (QED) is 0.482. The van der Waals surface area contributed by atoms with Gasteiger partial charge < -0.3 is 20.6 Å². The summed E-state index contributed by atoms with van der Waals surface area (Å²) < 4.78 is 0. The Balaban J connectivity index is 2.20. The van der Waals surface area contributed by atoms with Crippen LogP contribution in [0.2, 0.25) is 0 Å². The van der Waals surface area contributed by atoms with Crippen LogP contribution in [0.4, 0.5) is 5.69 Å². The van der Waals surface area contributed by atoms with Crippen LogP contribution in [0, 0.1) is 0 Å². The summed E-state index contributed by atoms with van der Waals surface area (Å²) in [6.07, 6.45) is -1.08. The van der Waals surface area contributed by atoms with Crippen molar-refractivity contribution in [3.05, 3.63) is 54.1 Å². The van der Waals surface area contributed by atoms with Crippen molar-refractivity contribution in [3.63, 3.8) is 0 Å². The van der Waals surface area contributed by atoms with Crippen molar-refractivity contribution in [2.24, 2.45) is 0 Å². The third-order valence-corrected chi connectivity index (χ3v) is 2.42. The Kier molecular flexibility index (Phi) is 3.16. The zero-order valence-electron chi connectivity index (χ0n) is 9.04. The summed E-state index contributed by atoms with van der Waals surface area (Å²) >= 11 is 0. The van der Waals surface area contributed by atoms with Crippen molar-refractivity contribution in [2.75, 3.05) is 5.32 Å². The molecule has 0 spiro atoms. The fourth-order valence-corrected chi connectivity index (χ4v) is 1.54. The molecular formula is C13H13NO3. The summed E-state index contributed by atoms with van der Waals surface area (Å²) in [4.78, 5) is 0. The van der Waals surface area contributed by atoms with E-state index in [4.69, 9.17) is 0 Å². The molecule has 2 aromatic rings. The number of hydrogen-bond acceptors (Lipinski definition) is 4. The zero-order valence-corrected chi connectivity index (χ0v) is 9.04. The predicted molar refractivity (Wildman–Crippen MR) is 64.8 cm³/mol. The van der Waals surface area contributed by atoms with Gasteiger partial charge in [0.05, 0.1) is 0 Å². The molecule has 2 aromatic carbocycles. The Bertz CT molecular complexity index is 499. The summed E-state index contributed by atoms with van der Waals surface area (Å²) in [6.45, 7) is 0. The first kappa shape index (κ1) is 11.3. The molecule has 0 aliphatic heterocycles. The van der Waals surface area contributed by atoms with Gasteiger partial charge in [0.1, 0.15) is 0 Å². The van der Waals surface area contributed by atoms with Gasteiger partial charge in [-0.3, -0.25) is 0 Å². The number of hydrogen-bond donors (Lipinski definition) is 4. The van der Waals surface area contributed by atoms with Gasteiger partial charge in [-0.15, -0.1) is 0 Å². The topological polar surface area (TPSA) is 72.7 Å². The highest BCUT2D eigenvalue weighted by molar-refractivity contribution is 5.50. The minimum atomic E-state index is -1.08. The third-order valence-electron chi connectivity index (χ3n) is 2.42. The second-order valence-electron chi connectivity index (χ2n) is 3.63. The lowest BCUT2D eigenvalue weighted by atomic mass is 10.1. The lowest BCUT2D eigenvalue weighted by molar-refractivity contribution is 0.202. The van der Waals surface area contributed by atoms with E-state index < -0.39 is 6.23 Å². The van der Waals surface area contributed by atoms with Gasteiger partial charge in [0.2, 0.25) is 0 Å². The second kappa shape index (κ2) is 4.76. The molecule has 88 valence electrons. The first-order chi connectivity index (χ1) is 8.18. The van der Waals surface area contributed by atoms with Gasteiger partial charge in [-0.2, -0.15) is 0 Å². The van der Waals surface area contributed by atoms with Gasteiger partial charge in [0.15, 0.2) is 17.7 Å². The summed E-state index contributed by atoms with van der Waals surface area (Å²) in [5.41, 5.74) is 0.955. The van der Waals surface area contributed by atoms with Gasteiger partial charge in [0.25, 0.3) is 0 Å². The minimum Gasteiger partial charge on any atom is -0.504 e. The molecule has 1 unspecified atom stereocenters. The van der Waals surface area contributed by atoms with Crippen LogP contribution in [-0.2, 0) is 0 Å². The monoisotopic (exact) mass is 231 g/mol. The van der Waals surface area contributed by atoms with Crippen molar-refractivity contribution in [2.45, 2.75) is 6.23 Å². The lowest BCUT2D eigenvalue weighted by Gasteiger charge is -2.16. The van der Waals surface area contributed by atoms with E-state index in [0.717, 1.165) is 5.69 Å². The van der Waals surface area contributed by atoms with Crippen LogP contribution >= 0.6 is 0 Å². The largest absolute Gasteiger partial charge is 0.504 e. The first-order valence-corrected chi connectivity index (χ1v) is 5.19. The molecule has 0 saturated carbocycles. The van der Waals surface area contributed by atoms with E-state index in [1.165, 1.54) is 12.1 Å². The van der Waals surface area contributed by atoms with Crippen molar-refractivity contribution in [3.8, 4) is 11.5 Å². The number of benzene rings is 2. The average molecular weight is 231 g/mol. The van der Waals surface area contributed by atoms with Crippen molar-refractivity contribution in [1.82, 2.24) is 0 Å². The Hall–Kier alpha value is -2.20. The second-order valence-corrected chi connectivity index (χ2v) is 3.63. The normalized spacial score (nSPS) is 12.1. The van der Waals surface area contributed by atoms with Crippen LogP contribution in [0.3, 0.4) is 0 Å². The number of aliphatic hydroxyl groups is 1. The molecule has 0 fully saturated rings. The van der Waals surface area contributed by atoms with Gasteiger partial charge in [-0.1, -0.05) is 30.3 Å². The first-order valence-electron chi connectivity index (χ1n) is 5.19. The lowest BCUT2D eigenvalue weighted by Crippen LogP contribution is -2.09. The summed E-state index contributed by atoms with van der Waals surface area (Å²) in [5.74, 6) is -0.570. The molecule has 0 saturated heterocycles. The molecule has 0 bridgehead atoms. The predicted octanol–water partition coefficient (Wildman–Crippen LogP) is 2.20. The van der Waals surface area contributed by atoms with E-state index in [1.807, 2.05) is 18.2 Å². The fourth-order valence-electron chi connectivity index (χ4n) is 1.54. The molecule has 0 radical (unpaired) electrons. The van der Waals surface area contributed by atoms with E-state index in [2.05, 4.69) is 5.32 Å². The molecule has 0 heterocycles. The van der Waals surface area contributed by atoms with Crippen LogP contribution in [0.15, 0.2) is 48.5 Å². The minimum absolute atomic E-state index is 0.230. The zero-order chi connectivity index (χ0) is 12.3. The molecule has 2 rings (SSSR count). The number of nitrogens with one attached hydrogen (secondary N) is 1. The number of aromatic hydroxyl groups is 2. The molecule has 4 nitrogen and oxygen atoms in total. The van der Waals surface area contributed by atoms with Gasteiger partial charge in [0, 0.05) is 11.3 Å². The molecule has 4 heteroatoms. The van der Waals surface area contributed by atoms with Crippen LogP contribution in [0.1, 0.15) is 11.8 Å². The van der Waals surface area contributed by atoms with Crippen LogP contribution in [0.25, 0.3) is 0 Å². The maximum atomic E-state index is 9.90. The standard InChI is InChI=1S/C13H13NO3/c15-11-8-4-7-10(12(11)16)13(17)14-9-5-2-1-3-6-9/h1-8,13-17H. The molecule has 4 N–H and O–H groups in total. The average Bonchev–Trinajstić information content (AvgIpc) is 2.34. The number of anilines is 1. The number of phenolic OH excluding ortho intramolecular Hbond substituents is 2. The summed E-state index contributed by atoms with van der Waals surface area (Å²) in [5, 5.41) is 31.6. The maximum Gasteiger partial charge on any atom is 0.165 e. The Labute approximate surface area is 98.8 Å². The highest BCUT2D eigenvalue weighted by Crippen LogP contribution is 2.32. The summed E-state index contributed by atoms with van der Waals surface area (Å²) in [7, 11) is 0. The molecule has 17 heavy (non-hydrogen) atoms. The number of para-hydroxylation sites is 2. The molecule has 0 aromatic heterocycles. The van der Waals surface area contributed by atoms with Crippen LogP contribution < -0.4 is 5.32 Å². The number of aliphatic hydroxyl groups excluding tert-OH is 1. The highest BCUT2D eigenvalue weighted by atomic mass is 16.3. The molecule has 0 aliphatic carbocycles. The van der Waals surface area contributed by atoms with Crippen molar-refractivity contribution < 1.29 is 15.3 Å². The Morgan fingerprint density at radius 1 is 0.882 bits per heavy atom. The number of rotatable bonds is 3. The van der Waals surface area contributed by atoms with Gasteiger partial charge in [-0.05, 0) is 18.2 Å². The maximum absolute atomic E-state index is 9.90. The van der Waals surface area contributed by atoms with E-state index in [9.17, 15) is 15.3 Å². The summed E-state index contributed by atoms with van der Waals surface area (Å²) in [6, 6.07) is 13.6.